The number of hydrogen-bond donors (Lipinski definition) is 3. The maximum absolute atomic E-state index is 13.5. The maximum atomic E-state index is 13.5. The van der Waals surface area contributed by atoms with Crippen LogP contribution in [0.1, 0.15) is 12.5 Å². The minimum absolute atomic E-state index is 0.0768. The summed E-state index contributed by atoms with van der Waals surface area (Å²) < 4.78 is 18.8. The lowest BCUT2D eigenvalue weighted by Gasteiger charge is -2.10. The van der Waals surface area contributed by atoms with Gasteiger partial charge in [-0.05, 0) is 55.0 Å². The van der Waals surface area contributed by atoms with Gasteiger partial charge in [-0.2, -0.15) is 0 Å². The molecule has 0 bridgehead atoms. The van der Waals surface area contributed by atoms with Crippen molar-refractivity contribution in [3.63, 3.8) is 0 Å². The Bertz CT molecular complexity index is 763. The molecule has 0 fully saturated rings. The van der Waals surface area contributed by atoms with E-state index in [1.54, 1.807) is 18.2 Å². The van der Waals surface area contributed by atoms with E-state index < -0.39 is 11.7 Å². The normalized spacial score (nSPS) is 10.3. The SMILES string of the molecule is CCOc1ccc(/C=C/C(=O)NNC(=S)Nc2ccccc2F)cc1. The largest absolute Gasteiger partial charge is 0.494 e. The van der Waals surface area contributed by atoms with Gasteiger partial charge in [0.15, 0.2) is 5.11 Å². The number of nitrogens with one attached hydrogen (secondary N) is 3. The number of ether oxygens (including phenoxy) is 1. The molecule has 0 saturated heterocycles. The lowest BCUT2D eigenvalue weighted by Crippen LogP contribution is -2.43. The second-order valence-electron chi connectivity index (χ2n) is 4.88. The number of benzene rings is 2. The Balaban J connectivity index is 1.79. The van der Waals surface area contributed by atoms with Gasteiger partial charge in [-0.25, -0.2) is 4.39 Å². The number of halogens is 1. The van der Waals surface area contributed by atoms with Gasteiger partial charge in [-0.3, -0.25) is 15.6 Å². The van der Waals surface area contributed by atoms with E-state index in [-0.39, 0.29) is 10.8 Å². The number of rotatable bonds is 5. The number of carbonyl (C=O) groups excluding carboxylic acids is 1. The lowest BCUT2D eigenvalue weighted by atomic mass is 10.2. The number of thiocarbonyl (C=S) groups is 1. The van der Waals surface area contributed by atoms with Crippen LogP contribution in [-0.2, 0) is 4.79 Å². The lowest BCUT2D eigenvalue weighted by molar-refractivity contribution is -0.116. The highest BCUT2D eigenvalue weighted by atomic mass is 32.1. The molecule has 2 rings (SSSR count). The van der Waals surface area contributed by atoms with Gasteiger partial charge in [0.1, 0.15) is 11.6 Å². The fourth-order valence-electron chi connectivity index (χ4n) is 1.89. The van der Waals surface area contributed by atoms with Crippen molar-refractivity contribution in [3.05, 3.63) is 66.0 Å². The molecule has 130 valence electrons. The number of anilines is 1. The van der Waals surface area contributed by atoms with E-state index in [1.807, 2.05) is 31.2 Å². The van der Waals surface area contributed by atoms with E-state index in [4.69, 9.17) is 17.0 Å². The number of hydrazine groups is 1. The van der Waals surface area contributed by atoms with Gasteiger partial charge in [0, 0.05) is 6.08 Å². The Morgan fingerprint density at radius 2 is 1.88 bits per heavy atom. The second kappa shape index (κ2) is 9.39. The molecule has 25 heavy (non-hydrogen) atoms. The van der Waals surface area contributed by atoms with E-state index in [0.29, 0.717) is 6.61 Å². The zero-order chi connectivity index (χ0) is 18.1. The van der Waals surface area contributed by atoms with Gasteiger partial charge in [0.2, 0.25) is 0 Å². The van der Waals surface area contributed by atoms with Crippen LogP contribution in [0.25, 0.3) is 6.08 Å². The Hall–Kier alpha value is -2.93. The summed E-state index contributed by atoms with van der Waals surface area (Å²) in [6.45, 7) is 2.51. The minimum atomic E-state index is -0.437. The van der Waals surface area contributed by atoms with Crippen molar-refractivity contribution in [2.75, 3.05) is 11.9 Å². The minimum Gasteiger partial charge on any atom is -0.494 e. The van der Waals surface area contributed by atoms with Crippen LogP contribution in [0.15, 0.2) is 54.6 Å². The van der Waals surface area contributed by atoms with Crippen molar-refractivity contribution in [3.8, 4) is 5.75 Å². The fraction of sp³-hybridized carbons (Fsp3) is 0.111. The molecule has 0 aliphatic carbocycles. The van der Waals surface area contributed by atoms with Crippen LogP contribution in [0.5, 0.6) is 5.75 Å². The fourth-order valence-corrected chi connectivity index (χ4v) is 2.05. The Labute approximate surface area is 150 Å². The van der Waals surface area contributed by atoms with E-state index in [1.165, 1.54) is 18.2 Å². The van der Waals surface area contributed by atoms with Gasteiger partial charge in [0.05, 0.1) is 12.3 Å². The molecule has 0 radical (unpaired) electrons. The predicted octanol–water partition coefficient (Wildman–Crippen LogP) is 3.26. The van der Waals surface area contributed by atoms with Crippen LogP contribution in [-0.4, -0.2) is 17.6 Å². The van der Waals surface area contributed by atoms with E-state index in [2.05, 4.69) is 16.2 Å². The molecule has 0 spiro atoms. The summed E-state index contributed by atoms with van der Waals surface area (Å²) in [5.41, 5.74) is 5.97. The number of amides is 1. The topological polar surface area (TPSA) is 62.4 Å². The molecular weight excluding hydrogens is 341 g/mol. The number of carbonyl (C=O) groups is 1. The first kappa shape index (κ1) is 18.4. The molecule has 7 heteroatoms. The quantitative estimate of drug-likeness (QED) is 0.435. The molecule has 1 amide bonds. The molecule has 5 nitrogen and oxygen atoms in total. The maximum Gasteiger partial charge on any atom is 0.262 e. The van der Waals surface area contributed by atoms with Crippen LogP contribution in [0.4, 0.5) is 10.1 Å². The third-order valence-electron chi connectivity index (χ3n) is 3.04. The highest BCUT2D eigenvalue weighted by molar-refractivity contribution is 7.80. The molecule has 0 atom stereocenters. The average Bonchev–Trinajstić information content (AvgIpc) is 2.61. The van der Waals surface area contributed by atoms with Crippen LogP contribution in [0.3, 0.4) is 0 Å². The van der Waals surface area contributed by atoms with Crippen molar-refractivity contribution in [1.82, 2.24) is 10.9 Å². The highest BCUT2D eigenvalue weighted by Gasteiger charge is 2.03. The van der Waals surface area contributed by atoms with Gasteiger partial charge >= 0.3 is 0 Å². The monoisotopic (exact) mass is 359 g/mol. The molecule has 0 aliphatic heterocycles. The summed E-state index contributed by atoms with van der Waals surface area (Å²) in [4.78, 5) is 11.8. The first-order chi connectivity index (χ1) is 12.1. The average molecular weight is 359 g/mol. The third kappa shape index (κ3) is 6.23. The standard InChI is InChI=1S/C18H18FN3O2S/c1-2-24-14-10-7-13(8-11-14)9-12-17(23)21-22-18(25)20-16-6-4-3-5-15(16)19/h3-12H,2H2,1H3,(H,21,23)(H2,20,22,25)/b12-9+. The molecule has 0 aliphatic rings. The Kier molecular flexibility index (Phi) is 6.91. The summed E-state index contributed by atoms with van der Waals surface area (Å²) in [7, 11) is 0. The van der Waals surface area contributed by atoms with Gasteiger partial charge in [0.25, 0.3) is 5.91 Å². The zero-order valence-electron chi connectivity index (χ0n) is 13.6. The van der Waals surface area contributed by atoms with E-state index >= 15 is 0 Å². The van der Waals surface area contributed by atoms with Crippen molar-refractivity contribution in [2.45, 2.75) is 6.92 Å². The first-order valence-corrected chi connectivity index (χ1v) is 8.01. The molecule has 0 aromatic heterocycles. The van der Waals surface area contributed by atoms with Crippen LogP contribution in [0.2, 0.25) is 0 Å². The molecular formula is C18H18FN3O2S. The van der Waals surface area contributed by atoms with Gasteiger partial charge in [-0.1, -0.05) is 24.3 Å². The zero-order valence-corrected chi connectivity index (χ0v) is 14.4. The number of hydrogen-bond acceptors (Lipinski definition) is 3. The summed E-state index contributed by atoms with van der Waals surface area (Å²) in [5, 5.41) is 2.73. The highest BCUT2D eigenvalue weighted by Crippen LogP contribution is 2.13. The van der Waals surface area contributed by atoms with E-state index in [0.717, 1.165) is 11.3 Å². The first-order valence-electron chi connectivity index (χ1n) is 7.61. The van der Waals surface area contributed by atoms with Gasteiger partial charge < -0.3 is 10.1 Å². The Morgan fingerprint density at radius 1 is 1.16 bits per heavy atom. The van der Waals surface area contributed by atoms with Crippen LogP contribution < -0.4 is 20.9 Å². The molecule has 0 unspecified atom stereocenters. The Morgan fingerprint density at radius 3 is 2.56 bits per heavy atom. The van der Waals surface area contributed by atoms with Crippen molar-refractivity contribution < 1.29 is 13.9 Å². The van der Waals surface area contributed by atoms with Crippen molar-refractivity contribution >= 4 is 35.0 Å². The van der Waals surface area contributed by atoms with Crippen molar-refractivity contribution in [2.24, 2.45) is 0 Å². The van der Waals surface area contributed by atoms with Crippen molar-refractivity contribution in [1.29, 1.82) is 0 Å². The number of para-hydroxylation sites is 1. The third-order valence-corrected chi connectivity index (χ3v) is 3.24. The van der Waals surface area contributed by atoms with E-state index in [9.17, 15) is 9.18 Å². The predicted molar refractivity (Wildman–Crippen MR) is 101 cm³/mol. The molecule has 2 aromatic carbocycles. The molecule has 3 N–H and O–H groups in total. The molecule has 2 aromatic rings. The van der Waals surface area contributed by atoms with Crippen LogP contribution >= 0.6 is 12.2 Å². The smallest absolute Gasteiger partial charge is 0.262 e. The summed E-state index contributed by atoms with van der Waals surface area (Å²) in [6.07, 6.45) is 3.01. The van der Waals surface area contributed by atoms with Crippen LogP contribution in [0, 0.1) is 5.82 Å². The second-order valence-corrected chi connectivity index (χ2v) is 5.29. The molecule has 0 saturated carbocycles. The summed E-state index contributed by atoms with van der Waals surface area (Å²) in [5.74, 6) is -0.0599. The summed E-state index contributed by atoms with van der Waals surface area (Å²) >= 11 is 4.99. The molecule has 0 heterocycles. The summed E-state index contributed by atoms with van der Waals surface area (Å²) in [6, 6.07) is 13.4. The van der Waals surface area contributed by atoms with Gasteiger partial charge in [-0.15, -0.1) is 0 Å².